The molecule has 0 aliphatic heterocycles. The number of carbonyl (C=O) groups is 1. The van der Waals surface area contributed by atoms with Gasteiger partial charge in [0, 0.05) is 11.6 Å². The first-order chi connectivity index (χ1) is 10.4. The number of carboxylic acid groups (broad SMARTS) is 1. The van der Waals surface area contributed by atoms with Crippen LogP contribution in [0, 0.1) is 13.8 Å². The lowest BCUT2D eigenvalue weighted by Gasteiger charge is -2.15. The number of aliphatic carboxylic acids is 1. The van der Waals surface area contributed by atoms with E-state index < -0.39 is 5.97 Å². The van der Waals surface area contributed by atoms with Gasteiger partial charge in [-0.2, -0.15) is 0 Å². The van der Waals surface area contributed by atoms with E-state index in [-0.39, 0.29) is 6.42 Å². The molecule has 0 atom stereocenters. The Hall–Kier alpha value is -2.20. The number of halogens is 1. The average molecular weight is 321 g/mol. The maximum absolute atomic E-state index is 11.0. The van der Waals surface area contributed by atoms with E-state index in [0.29, 0.717) is 27.8 Å². The van der Waals surface area contributed by atoms with Crippen LogP contribution >= 0.6 is 11.6 Å². The van der Waals surface area contributed by atoms with Gasteiger partial charge in [0.25, 0.3) is 0 Å². The Kier molecular flexibility index (Phi) is 4.93. The molecule has 2 aromatic rings. The van der Waals surface area contributed by atoms with Crippen LogP contribution in [0.1, 0.15) is 16.7 Å². The van der Waals surface area contributed by atoms with Crippen LogP contribution in [0.2, 0.25) is 5.02 Å². The highest BCUT2D eigenvalue weighted by molar-refractivity contribution is 6.32. The van der Waals surface area contributed by atoms with Gasteiger partial charge in [-0.1, -0.05) is 17.7 Å². The maximum Gasteiger partial charge on any atom is 0.307 e. The van der Waals surface area contributed by atoms with E-state index >= 15 is 0 Å². The normalized spacial score (nSPS) is 10.4. The quantitative estimate of drug-likeness (QED) is 0.888. The summed E-state index contributed by atoms with van der Waals surface area (Å²) in [6.07, 6.45) is -0.135. The minimum Gasteiger partial charge on any atom is -0.496 e. The molecule has 0 aromatic heterocycles. The summed E-state index contributed by atoms with van der Waals surface area (Å²) in [5.74, 6) is 0.609. The summed E-state index contributed by atoms with van der Waals surface area (Å²) in [6.45, 7) is 3.78. The van der Waals surface area contributed by atoms with Crippen molar-refractivity contribution in [1.82, 2.24) is 0 Å². The molecule has 0 aliphatic carbocycles. The lowest BCUT2D eigenvalue weighted by Crippen LogP contribution is -2.03. The first-order valence-corrected chi connectivity index (χ1v) is 7.12. The van der Waals surface area contributed by atoms with E-state index in [1.54, 1.807) is 31.4 Å². The van der Waals surface area contributed by atoms with Gasteiger partial charge in [0.15, 0.2) is 0 Å². The Morgan fingerprint density at radius 3 is 2.45 bits per heavy atom. The first kappa shape index (κ1) is 16.2. The number of aryl methyl sites for hydroxylation is 2. The van der Waals surface area contributed by atoms with Crippen molar-refractivity contribution < 1.29 is 19.4 Å². The zero-order chi connectivity index (χ0) is 16.3. The largest absolute Gasteiger partial charge is 0.496 e. The smallest absolute Gasteiger partial charge is 0.307 e. The first-order valence-electron chi connectivity index (χ1n) is 6.74. The molecule has 0 saturated carbocycles. The van der Waals surface area contributed by atoms with Gasteiger partial charge >= 0.3 is 5.97 Å². The molecule has 0 fully saturated rings. The van der Waals surface area contributed by atoms with Gasteiger partial charge in [0.2, 0.25) is 0 Å². The molecule has 0 amide bonds. The number of rotatable bonds is 5. The molecule has 0 saturated heterocycles. The molecule has 1 N–H and O–H groups in total. The number of hydrogen-bond acceptors (Lipinski definition) is 3. The number of ether oxygens (including phenoxy) is 2. The van der Waals surface area contributed by atoms with Gasteiger partial charge in [-0.15, -0.1) is 0 Å². The van der Waals surface area contributed by atoms with Crippen molar-refractivity contribution in [2.45, 2.75) is 20.3 Å². The fourth-order valence-electron chi connectivity index (χ4n) is 2.15. The monoisotopic (exact) mass is 320 g/mol. The Morgan fingerprint density at radius 2 is 1.86 bits per heavy atom. The van der Waals surface area contributed by atoms with E-state index in [2.05, 4.69) is 0 Å². The predicted molar refractivity (Wildman–Crippen MR) is 85.3 cm³/mol. The van der Waals surface area contributed by atoms with Crippen LogP contribution in [0.3, 0.4) is 0 Å². The molecule has 0 radical (unpaired) electrons. The van der Waals surface area contributed by atoms with Crippen LogP contribution in [-0.4, -0.2) is 18.2 Å². The van der Waals surface area contributed by atoms with Crippen molar-refractivity contribution in [1.29, 1.82) is 0 Å². The summed E-state index contributed by atoms with van der Waals surface area (Å²) in [7, 11) is 1.56. The van der Waals surface area contributed by atoms with E-state index in [4.69, 9.17) is 26.2 Å². The molecule has 2 aromatic carbocycles. The third-order valence-electron chi connectivity index (χ3n) is 3.23. The van der Waals surface area contributed by atoms with Crippen LogP contribution < -0.4 is 9.47 Å². The van der Waals surface area contributed by atoms with Crippen molar-refractivity contribution in [3.63, 3.8) is 0 Å². The molecule has 22 heavy (non-hydrogen) atoms. The Balaban J connectivity index is 2.45. The summed E-state index contributed by atoms with van der Waals surface area (Å²) >= 11 is 6.17. The summed E-state index contributed by atoms with van der Waals surface area (Å²) < 4.78 is 11.1. The fraction of sp³-hybridized carbons (Fsp3) is 0.235. The van der Waals surface area contributed by atoms with Crippen LogP contribution in [0.4, 0.5) is 0 Å². The molecule has 0 aliphatic rings. The summed E-state index contributed by atoms with van der Waals surface area (Å²) in [5.41, 5.74) is 2.44. The molecule has 2 rings (SSSR count). The second kappa shape index (κ2) is 6.71. The zero-order valence-electron chi connectivity index (χ0n) is 12.6. The summed E-state index contributed by atoms with van der Waals surface area (Å²) in [4.78, 5) is 11.0. The van der Waals surface area contributed by atoms with E-state index in [9.17, 15) is 4.79 Å². The molecule has 116 valence electrons. The maximum atomic E-state index is 11.0. The average Bonchev–Trinajstić information content (AvgIpc) is 2.43. The molecular weight excluding hydrogens is 304 g/mol. The van der Waals surface area contributed by atoms with Gasteiger partial charge in [-0.05, 0) is 43.2 Å². The molecular formula is C17H17ClO4. The van der Waals surface area contributed by atoms with E-state index in [1.807, 2.05) is 19.9 Å². The topological polar surface area (TPSA) is 55.8 Å². The molecule has 0 unspecified atom stereocenters. The molecule has 0 spiro atoms. The van der Waals surface area contributed by atoms with Gasteiger partial charge in [0.05, 0.1) is 18.6 Å². The Morgan fingerprint density at radius 1 is 1.14 bits per heavy atom. The molecule has 4 nitrogen and oxygen atoms in total. The highest BCUT2D eigenvalue weighted by Gasteiger charge is 2.14. The summed E-state index contributed by atoms with van der Waals surface area (Å²) in [6, 6.07) is 8.87. The van der Waals surface area contributed by atoms with Crippen molar-refractivity contribution in [3.8, 4) is 17.2 Å². The number of carboxylic acids is 1. The predicted octanol–water partition coefficient (Wildman–Crippen LogP) is 4.38. The van der Waals surface area contributed by atoms with Crippen molar-refractivity contribution in [3.05, 3.63) is 52.0 Å². The minimum absolute atomic E-state index is 0.135. The minimum atomic E-state index is -0.926. The van der Waals surface area contributed by atoms with Gasteiger partial charge in [-0.25, -0.2) is 0 Å². The van der Waals surface area contributed by atoms with Gasteiger partial charge < -0.3 is 14.6 Å². The van der Waals surface area contributed by atoms with E-state index in [1.165, 1.54) is 0 Å². The van der Waals surface area contributed by atoms with Crippen molar-refractivity contribution >= 4 is 17.6 Å². The van der Waals surface area contributed by atoms with Crippen molar-refractivity contribution in [2.75, 3.05) is 7.11 Å². The highest BCUT2D eigenvalue weighted by Crippen LogP contribution is 2.35. The molecule has 5 heteroatoms. The highest BCUT2D eigenvalue weighted by atomic mass is 35.5. The van der Waals surface area contributed by atoms with Gasteiger partial charge in [-0.3, -0.25) is 4.79 Å². The third-order valence-corrected chi connectivity index (χ3v) is 3.52. The standard InChI is InChI=1S/C17H17ClO4/c1-10-4-5-14(13(18)6-10)22-16-9-15(21-3)11(2)7-12(16)8-17(19)20/h4-7,9H,8H2,1-3H3,(H,19,20). The Bertz CT molecular complexity index is 710. The summed E-state index contributed by atoms with van der Waals surface area (Å²) in [5, 5.41) is 9.53. The van der Waals surface area contributed by atoms with Crippen molar-refractivity contribution in [2.24, 2.45) is 0 Å². The van der Waals surface area contributed by atoms with Crippen LogP contribution in [0.25, 0.3) is 0 Å². The second-order valence-electron chi connectivity index (χ2n) is 5.04. The lowest BCUT2D eigenvalue weighted by atomic mass is 10.1. The molecule has 0 heterocycles. The SMILES string of the molecule is COc1cc(Oc2ccc(C)cc2Cl)c(CC(=O)O)cc1C. The fourth-order valence-corrected chi connectivity index (χ4v) is 2.43. The van der Waals surface area contributed by atoms with E-state index in [0.717, 1.165) is 11.1 Å². The zero-order valence-corrected chi connectivity index (χ0v) is 13.4. The number of methoxy groups -OCH3 is 1. The van der Waals surface area contributed by atoms with Gasteiger partial charge in [0.1, 0.15) is 17.2 Å². The number of benzene rings is 2. The Labute approximate surface area is 134 Å². The molecule has 0 bridgehead atoms. The number of hydrogen-bond donors (Lipinski definition) is 1. The van der Waals surface area contributed by atoms with Crippen LogP contribution in [-0.2, 0) is 11.2 Å². The lowest BCUT2D eigenvalue weighted by molar-refractivity contribution is -0.136. The third kappa shape index (κ3) is 3.71. The second-order valence-corrected chi connectivity index (χ2v) is 5.44. The van der Waals surface area contributed by atoms with Crippen LogP contribution in [0.15, 0.2) is 30.3 Å². The van der Waals surface area contributed by atoms with Crippen LogP contribution in [0.5, 0.6) is 17.2 Å².